The van der Waals surface area contributed by atoms with Gasteiger partial charge in [0.15, 0.2) is 5.92 Å². The van der Waals surface area contributed by atoms with Crippen LogP contribution in [-0.4, -0.2) is 11.9 Å². The van der Waals surface area contributed by atoms with E-state index >= 15 is 0 Å². The molecule has 1 aliphatic heterocycles. The van der Waals surface area contributed by atoms with Gasteiger partial charge >= 0.3 is 11.9 Å². The summed E-state index contributed by atoms with van der Waals surface area (Å²) in [7, 11) is 0. The van der Waals surface area contributed by atoms with Crippen molar-refractivity contribution in [2.24, 2.45) is 17.8 Å². The molecule has 3 heteroatoms. The van der Waals surface area contributed by atoms with Gasteiger partial charge < -0.3 is 4.74 Å². The van der Waals surface area contributed by atoms with Crippen LogP contribution in [0.2, 0.25) is 0 Å². The SMILES string of the molecule is CCC(C)CC(CC)C1C(=O)OC1=O. The van der Waals surface area contributed by atoms with E-state index in [2.05, 4.69) is 18.6 Å². The van der Waals surface area contributed by atoms with Crippen LogP contribution in [0.15, 0.2) is 0 Å². The molecule has 0 aliphatic carbocycles. The fourth-order valence-corrected chi connectivity index (χ4v) is 1.87. The fraction of sp³-hybridized carbons (Fsp3) is 0.818. The molecule has 0 aromatic rings. The molecule has 1 fully saturated rings. The summed E-state index contributed by atoms with van der Waals surface area (Å²) in [5.74, 6) is -0.371. The lowest BCUT2D eigenvalue weighted by Crippen LogP contribution is -2.45. The monoisotopic (exact) mass is 198 g/mol. The summed E-state index contributed by atoms with van der Waals surface area (Å²) < 4.78 is 4.37. The van der Waals surface area contributed by atoms with Gasteiger partial charge in [-0.05, 0) is 18.3 Å². The maximum Gasteiger partial charge on any atom is 0.328 e. The van der Waals surface area contributed by atoms with Crippen LogP contribution in [-0.2, 0) is 14.3 Å². The zero-order valence-electron chi connectivity index (χ0n) is 9.08. The number of hydrogen-bond donors (Lipinski definition) is 0. The highest BCUT2D eigenvalue weighted by molar-refractivity contribution is 6.09. The fourth-order valence-electron chi connectivity index (χ4n) is 1.87. The molecule has 0 amide bonds. The molecule has 1 saturated heterocycles. The van der Waals surface area contributed by atoms with Crippen LogP contribution in [0, 0.1) is 17.8 Å². The van der Waals surface area contributed by atoms with E-state index in [1.165, 1.54) is 0 Å². The van der Waals surface area contributed by atoms with E-state index in [0.717, 1.165) is 19.3 Å². The van der Waals surface area contributed by atoms with Crippen molar-refractivity contribution in [2.45, 2.75) is 40.0 Å². The van der Waals surface area contributed by atoms with Gasteiger partial charge in [0.25, 0.3) is 0 Å². The average Bonchev–Trinajstić information content (AvgIpc) is 2.16. The van der Waals surface area contributed by atoms with Gasteiger partial charge in [0.2, 0.25) is 0 Å². The number of carbonyl (C=O) groups is 2. The molecule has 14 heavy (non-hydrogen) atoms. The highest BCUT2D eigenvalue weighted by atomic mass is 16.6. The standard InChI is InChI=1S/C11H18O3/c1-4-7(3)6-8(5-2)9-10(12)14-11(9)13/h7-9H,4-6H2,1-3H3. The Labute approximate surface area is 84.8 Å². The molecule has 0 radical (unpaired) electrons. The third-order valence-electron chi connectivity index (χ3n) is 3.11. The van der Waals surface area contributed by atoms with E-state index in [-0.39, 0.29) is 17.9 Å². The van der Waals surface area contributed by atoms with Crippen LogP contribution in [0.25, 0.3) is 0 Å². The first-order valence-electron chi connectivity index (χ1n) is 5.35. The van der Waals surface area contributed by atoms with Crippen molar-refractivity contribution in [1.29, 1.82) is 0 Å². The third kappa shape index (κ3) is 2.14. The molecule has 80 valence electrons. The minimum absolute atomic E-state index is 0.179. The van der Waals surface area contributed by atoms with Crippen LogP contribution in [0.1, 0.15) is 40.0 Å². The van der Waals surface area contributed by atoms with Crippen molar-refractivity contribution >= 4 is 11.9 Å². The second-order valence-corrected chi connectivity index (χ2v) is 4.14. The minimum Gasteiger partial charge on any atom is -0.392 e. The Morgan fingerprint density at radius 2 is 1.79 bits per heavy atom. The molecule has 2 atom stereocenters. The van der Waals surface area contributed by atoms with Crippen molar-refractivity contribution in [3.8, 4) is 0 Å². The van der Waals surface area contributed by atoms with Gasteiger partial charge in [-0.25, -0.2) is 0 Å². The van der Waals surface area contributed by atoms with Gasteiger partial charge in [-0.3, -0.25) is 9.59 Å². The topological polar surface area (TPSA) is 43.4 Å². The Morgan fingerprint density at radius 3 is 2.14 bits per heavy atom. The summed E-state index contributed by atoms with van der Waals surface area (Å²) in [5.41, 5.74) is 0. The lowest BCUT2D eigenvalue weighted by atomic mass is 9.80. The summed E-state index contributed by atoms with van der Waals surface area (Å²) in [6.45, 7) is 6.29. The molecule has 0 aromatic heterocycles. The summed E-state index contributed by atoms with van der Waals surface area (Å²) >= 11 is 0. The molecule has 0 N–H and O–H groups in total. The molecule has 2 unspecified atom stereocenters. The number of rotatable bonds is 5. The third-order valence-corrected chi connectivity index (χ3v) is 3.11. The molecule has 1 rings (SSSR count). The van der Waals surface area contributed by atoms with Crippen molar-refractivity contribution < 1.29 is 14.3 Å². The summed E-state index contributed by atoms with van der Waals surface area (Å²) in [4.78, 5) is 22.1. The number of cyclic esters (lactones) is 2. The quantitative estimate of drug-likeness (QED) is 0.502. The Hall–Kier alpha value is -0.860. The van der Waals surface area contributed by atoms with Crippen LogP contribution >= 0.6 is 0 Å². The molecule has 1 aliphatic rings. The van der Waals surface area contributed by atoms with Crippen molar-refractivity contribution in [3.05, 3.63) is 0 Å². The van der Waals surface area contributed by atoms with Gasteiger partial charge in [0.05, 0.1) is 0 Å². The molecule has 0 saturated carbocycles. The summed E-state index contributed by atoms with van der Waals surface area (Å²) in [6, 6.07) is 0. The van der Waals surface area contributed by atoms with Crippen LogP contribution in [0.5, 0.6) is 0 Å². The maximum absolute atomic E-state index is 11.1. The van der Waals surface area contributed by atoms with E-state index in [0.29, 0.717) is 5.92 Å². The van der Waals surface area contributed by atoms with E-state index in [1.54, 1.807) is 0 Å². The summed E-state index contributed by atoms with van der Waals surface area (Å²) in [5, 5.41) is 0. The Morgan fingerprint density at radius 1 is 1.21 bits per heavy atom. The van der Waals surface area contributed by atoms with Crippen molar-refractivity contribution in [2.75, 3.05) is 0 Å². The number of hydrogen-bond acceptors (Lipinski definition) is 3. The van der Waals surface area contributed by atoms with Crippen LogP contribution in [0.3, 0.4) is 0 Å². The molecule has 0 bridgehead atoms. The highest BCUT2D eigenvalue weighted by Gasteiger charge is 2.46. The van der Waals surface area contributed by atoms with Gasteiger partial charge in [-0.2, -0.15) is 0 Å². The molecular weight excluding hydrogens is 180 g/mol. The predicted molar refractivity (Wildman–Crippen MR) is 52.4 cm³/mol. The molecule has 0 spiro atoms. The zero-order valence-corrected chi connectivity index (χ0v) is 9.08. The normalized spacial score (nSPS) is 21.4. The zero-order chi connectivity index (χ0) is 10.7. The summed E-state index contributed by atoms with van der Waals surface area (Å²) in [6.07, 6.45) is 2.90. The largest absolute Gasteiger partial charge is 0.392 e. The molecule has 3 nitrogen and oxygen atoms in total. The second kappa shape index (κ2) is 4.58. The smallest absolute Gasteiger partial charge is 0.328 e. The number of ether oxygens (including phenoxy) is 1. The van der Waals surface area contributed by atoms with Crippen molar-refractivity contribution in [1.82, 2.24) is 0 Å². The first-order valence-corrected chi connectivity index (χ1v) is 5.35. The van der Waals surface area contributed by atoms with Crippen molar-refractivity contribution in [3.63, 3.8) is 0 Å². The average molecular weight is 198 g/mol. The van der Waals surface area contributed by atoms with E-state index in [4.69, 9.17) is 0 Å². The predicted octanol–water partition coefficient (Wildman–Crippen LogP) is 2.15. The van der Waals surface area contributed by atoms with Gasteiger partial charge in [-0.1, -0.05) is 33.6 Å². The first-order chi connectivity index (χ1) is 6.60. The number of carbonyl (C=O) groups excluding carboxylic acids is 2. The highest BCUT2D eigenvalue weighted by Crippen LogP contribution is 2.32. The lowest BCUT2D eigenvalue weighted by molar-refractivity contribution is -0.187. The Kier molecular flexibility index (Phi) is 3.67. The van der Waals surface area contributed by atoms with Gasteiger partial charge in [0, 0.05) is 0 Å². The van der Waals surface area contributed by atoms with Crippen LogP contribution in [0.4, 0.5) is 0 Å². The Bertz CT molecular complexity index is 221. The lowest BCUT2D eigenvalue weighted by Gasteiger charge is -2.30. The van der Waals surface area contributed by atoms with Gasteiger partial charge in [-0.15, -0.1) is 0 Å². The Balaban J connectivity index is 2.53. The molecule has 1 heterocycles. The maximum atomic E-state index is 11.1. The van der Waals surface area contributed by atoms with Crippen LogP contribution < -0.4 is 0 Å². The van der Waals surface area contributed by atoms with Gasteiger partial charge in [0.1, 0.15) is 0 Å². The molecular formula is C11H18O3. The van der Waals surface area contributed by atoms with E-state index in [1.807, 2.05) is 6.92 Å². The molecule has 0 aromatic carbocycles. The number of esters is 2. The van der Waals surface area contributed by atoms with E-state index < -0.39 is 5.92 Å². The minimum atomic E-state index is -0.464. The first kappa shape index (κ1) is 11.2. The second-order valence-electron chi connectivity index (χ2n) is 4.14. The van der Waals surface area contributed by atoms with E-state index in [9.17, 15) is 9.59 Å².